The number of hydrogen-bond donors (Lipinski definition) is 10. The van der Waals surface area contributed by atoms with Crippen LogP contribution >= 0.6 is 0 Å². The Bertz CT molecular complexity index is 1720. The standard InChI is InChI=1S/C32H40N10O6/c33-23(14-20-16-36-17-39-20)28(44)40-25(6-3-11-37-32(34)35)29(45)41-26(13-19-15-38-24-5-2-1-4-22(19)24)30(46)42-27(31(47)48)12-18-7-9-21(43)10-8-18/h1-2,4-5,7-10,15-17,23,25-27,38,43H,3,6,11-14,33H2,(H,36,39)(H,40,44)(H,41,45)(H,42,46)(H,47,48)(H4,34,35,37). The van der Waals surface area contributed by atoms with Crippen LogP contribution in [0.2, 0.25) is 0 Å². The summed E-state index contributed by atoms with van der Waals surface area (Å²) in [6.45, 7) is 0.180. The summed E-state index contributed by atoms with van der Waals surface area (Å²) >= 11 is 0. The second-order valence-electron chi connectivity index (χ2n) is 11.3. The Morgan fingerprint density at radius 2 is 1.54 bits per heavy atom. The number of nitrogens with zero attached hydrogens (tertiary/aromatic N) is 2. The van der Waals surface area contributed by atoms with Crippen molar-refractivity contribution in [3.8, 4) is 5.75 Å². The lowest BCUT2D eigenvalue weighted by Gasteiger charge is -2.25. The van der Waals surface area contributed by atoms with Crippen LogP contribution in [0.15, 0.2) is 72.2 Å². The number of nitrogens with one attached hydrogen (secondary N) is 5. The van der Waals surface area contributed by atoms with Crippen LogP contribution in [-0.2, 0) is 38.4 Å². The Balaban J connectivity index is 1.56. The van der Waals surface area contributed by atoms with Gasteiger partial charge in [0, 0.05) is 54.8 Å². The molecule has 4 rings (SSSR count). The molecular weight excluding hydrogens is 620 g/mol. The number of aromatic amines is 2. The normalized spacial score (nSPS) is 13.5. The van der Waals surface area contributed by atoms with Crippen LogP contribution in [0.4, 0.5) is 0 Å². The quantitative estimate of drug-likeness (QED) is 0.0395. The molecule has 0 bridgehead atoms. The summed E-state index contributed by atoms with van der Waals surface area (Å²) in [7, 11) is 0. The fourth-order valence-corrected chi connectivity index (χ4v) is 5.12. The number of H-pyrrole nitrogens is 2. The summed E-state index contributed by atoms with van der Waals surface area (Å²) < 4.78 is 0. The minimum absolute atomic E-state index is 0.00113. The maximum atomic E-state index is 13.8. The molecule has 254 valence electrons. The molecule has 48 heavy (non-hydrogen) atoms. The molecule has 0 aliphatic carbocycles. The zero-order chi connectivity index (χ0) is 34.6. The van der Waals surface area contributed by atoms with Gasteiger partial charge >= 0.3 is 5.97 Å². The van der Waals surface area contributed by atoms with E-state index in [9.17, 15) is 29.4 Å². The zero-order valence-electron chi connectivity index (χ0n) is 26.1. The lowest BCUT2D eigenvalue weighted by Crippen LogP contribution is -2.58. The van der Waals surface area contributed by atoms with Crippen molar-refractivity contribution in [2.45, 2.75) is 56.3 Å². The number of aromatic hydroxyl groups is 1. The van der Waals surface area contributed by atoms with E-state index in [1.807, 2.05) is 24.3 Å². The van der Waals surface area contributed by atoms with E-state index in [1.165, 1.54) is 24.7 Å². The molecule has 16 heteroatoms. The van der Waals surface area contributed by atoms with Gasteiger partial charge in [0.2, 0.25) is 17.7 Å². The highest BCUT2D eigenvalue weighted by Gasteiger charge is 2.31. The van der Waals surface area contributed by atoms with Crippen molar-refractivity contribution in [1.82, 2.24) is 30.9 Å². The smallest absolute Gasteiger partial charge is 0.326 e. The van der Waals surface area contributed by atoms with Crippen LogP contribution in [0.5, 0.6) is 5.75 Å². The molecule has 0 aliphatic rings. The van der Waals surface area contributed by atoms with E-state index in [4.69, 9.17) is 17.2 Å². The first-order valence-electron chi connectivity index (χ1n) is 15.2. The molecule has 16 nitrogen and oxygen atoms in total. The number of benzene rings is 2. The number of carboxylic acid groups (broad SMARTS) is 1. The number of phenols is 1. The lowest BCUT2D eigenvalue weighted by atomic mass is 10.0. The number of carbonyl (C=O) groups excluding carboxylic acids is 3. The van der Waals surface area contributed by atoms with E-state index in [2.05, 4.69) is 35.9 Å². The highest BCUT2D eigenvalue weighted by molar-refractivity contribution is 5.95. The molecule has 4 unspecified atom stereocenters. The molecule has 2 aromatic carbocycles. The number of hydrogen-bond acceptors (Lipinski definition) is 8. The minimum atomic E-state index is -1.35. The van der Waals surface area contributed by atoms with Gasteiger partial charge in [-0.25, -0.2) is 9.78 Å². The van der Waals surface area contributed by atoms with Crippen molar-refractivity contribution in [3.63, 3.8) is 0 Å². The molecule has 2 heterocycles. The van der Waals surface area contributed by atoms with Gasteiger partial charge in [0.25, 0.3) is 0 Å². The maximum absolute atomic E-state index is 13.8. The predicted molar refractivity (Wildman–Crippen MR) is 177 cm³/mol. The monoisotopic (exact) mass is 660 g/mol. The van der Waals surface area contributed by atoms with Gasteiger partial charge in [0.1, 0.15) is 23.9 Å². The van der Waals surface area contributed by atoms with Gasteiger partial charge in [-0.2, -0.15) is 0 Å². The summed E-state index contributed by atoms with van der Waals surface area (Å²) in [6, 6.07) is 8.60. The summed E-state index contributed by atoms with van der Waals surface area (Å²) in [5.74, 6) is -3.45. The molecule has 0 saturated heterocycles. The fraction of sp³-hybridized carbons (Fsp3) is 0.312. The Morgan fingerprint density at radius 1 is 0.854 bits per heavy atom. The number of fused-ring (bicyclic) bond motifs is 1. The topological polar surface area (TPSA) is 280 Å². The van der Waals surface area contributed by atoms with Crippen molar-refractivity contribution in [2.75, 3.05) is 6.54 Å². The van der Waals surface area contributed by atoms with E-state index in [0.29, 0.717) is 23.2 Å². The molecule has 13 N–H and O–H groups in total. The van der Waals surface area contributed by atoms with Gasteiger partial charge in [-0.3, -0.25) is 19.4 Å². The lowest BCUT2D eigenvalue weighted by molar-refractivity contribution is -0.142. The number of aliphatic carboxylic acids is 1. The number of carbonyl (C=O) groups is 4. The van der Waals surface area contributed by atoms with Gasteiger partial charge < -0.3 is 53.3 Å². The van der Waals surface area contributed by atoms with E-state index >= 15 is 0 Å². The molecule has 0 radical (unpaired) electrons. The van der Waals surface area contributed by atoms with Crippen molar-refractivity contribution in [2.24, 2.45) is 22.2 Å². The Morgan fingerprint density at radius 3 is 2.23 bits per heavy atom. The van der Waals surface area contributed by atoms with Crippen molar-refractivity contribution in [1.29, 1.82) is 0 Å². The third-order valence-electron chi connectivity index (χ3n) is 7.63. The van der Waals surface area contributed by atoms with Crippen molar-refractivity contribution >= 4 is 40.6 Å². The number of para-hydroxylation sites is 1. The maximum Gasteiger partial charge on any atom is 0.326 e. The van der Waals surface area contributed by atoms with Crippen LogP contribution in [0.3, 0.4) is 0 Å². The van der Waals surface area contributed by atoms with Crippen LogP contribution in [-0.4, -0.2) is 85.5 Å². The molecule has 0 saturated carbocycles. The molecule has 3 amide bonds. The number of aliphatic imine (C=N–C) groups is 1. The Hall–Kier alpha value is -5.90. The molecule has 0 fully saturated rings. The number of nitrogens with two attached hydrogens (primary N) is 3. The Kier molecular flexibility index (Phi) is 12.1. The number of carboxylic acids is 1. The third-order valence-corrected chi connectivity index (χ3v) is 7.63. The van der Waals surface area contributed by atoms with Crippen LogP contribution in [0, 0.1) is 0 Å². The third kappa shape index (κ3) is 10.1. The van der Waals surface area contributed by atoms with Crippen molar-refractivity contribution in [3.05, 3.63) is 84.1 Å². The first-order valence-corrected chi connectivity index (χ1v) is 15.2. The molecule has 2 aromatic heterocycles. The number of amides is 3. The highest BCUT2D eigenvalue weighted by atomic mass is 16.4. The predicted octanol–water partition coefficient (Wildman–Crippen LogP) is -0.456. The number of phenolic OH excluding ortho intramolecular Hbond substituents is 1. The van der Waals surface area contributed by atoms with Crippen molar-refractivity contribution < 1.29 is 29.4 Å². The van der Waals surface area contributed by atoms with Gasteiger partial charge in [-0.05, 0) is 42.2 Å². The fourth-order valence-electron chi connectivity index (χ4n) is 5.12. The van der Waals surface area contributed by atoms with Crippen LogP contribution in [0.1, 0.15) is 29.7 Å². The SMILES string of the molecule is NC(N)=NCCCC(NC(=O)C(N)Cc1cnc[nH]1)C(=O)NC(Cc1c[nH]c2ccccc12)C(=O)NC(Cc1ccc(O)cc1)C(=O)O. The Labute approximate surface area is 275 Å². The van der Waals surface area contributed by atoms with E-state index in [1.54, 1.807) is 18.3 Å². The number of aromatic nitrogens is 3. The van der Waals surface area contributed by atoms with Gasteiger partial charge in [0.05, 0.1) is 12.4 Å². The van der Waals surface area contributed by atoms with Gasteiger partial charge in [0.15, 0.2) is 5.96 Å². The summed E-state index contributed by atoms with van der Waals surface area (Å²) in [5.41, 5.74) is 19.7. The molecule has 0 aliphatic heterocycles. The average molecular weight is 661 g/mol. The second kappa shape index (κ2) is 16.6. The zero-order valence-corrected chi connectivity index (χ0v) is 26.1. The first kappa shape index (κ1) is 35.0. The summed E-state index contributed by atoms with van der Waals surface area (Å²) in [5, 5.41) is 28.3. The molecule has 4 aromatic rings. The number of guanidine groups is 1. The summed E-state index contributed by atoms with van der Waals surface area (Å²) in [6.07, 6.45) is 5.17. The summed E-state index contributed by atoms with van der Waals surface area (Å²) in [4.78, 5) is 66.7. The van der Waals surface area contributed by atoms with Crippen LogP contribution < -0.4 is 33.2 Å². The minimum Gasteiger partial charge on any atom is -0.508 e. The van der Waals surface area contributed by atoms with E-state index in [-0.39, 0.29) is 43.9 Å². The molecular formula is C32H40N10O6. The number of imidazole rings is 1. The van der Waals surface area contributed by atoms with Crippen LogP contribution in [0.25, 0.3) is 10.9 Å². The second-order valence-corrected chi connectivity index (χ2v) is 11.3. The average Bonchev–Trinajstić information content (AvgIpc) is 3.72. The largest absolute Gasteiger partial charge is 0.508 e. The van der Waals surface area contributed by atoms with E-state index < -0.39 is 47.9 Å². The van der Waals surface area contributed by atoms with E-state index in [0.717, 1.165) is 10.9 Å². The highest BCUT2D eigenvalue weighted by Crippen LogP contribution is 2.20. The van der Waals surface area contributed by atoms with Gasteiger partial charge in [-0.1, -0.05) is 30.3 Å². The number of rotatable bonds is 17. The molecule has 4 atom stereocenters. The molecule has 0 spiro atoms. The van der Waals surface area contributed by atoms with Gasteiger partial charge in [-0.15, -0.1) is 0 Å². The first-order chi connectivity index (χ1) is 23.0.